The van der Waals surface area contributed by atoms with Crippen molar-refractivity contribution < 1.29 is 9.16 Å². The van der Waals surface area contributed by atoms with Crippen LogP contribution in [0.25, 0.3) is 11.4 Å². The Hall–Kier alpha value is -2.25. The van der Waals surface area contributed by atoms with Crippen LogP contribution in [0.15, 0.2) is 42.9 Å². The van der Waals surface area contributed by atoms with E-state index in [1.54, 1.807) is 10.9 Å². The molecule has 0 radical (unpaired) electrons. The smallest absolute Gasteiger partial charge is 0.244 e. The number of aromatic nitrogens is 4. The van der Waals surface area contributed by atoms with Gasteiger partial charge in [-0.25, -0.2) is 14.6 Å². The Morgan fingerprint density at radius 1 is 1.09 bits per heavy atom. The van der Waals surface area contributed by atoms with Crippen LogP contribution in [-0.4, -0.2) is 28.1 Å². The molecule has 0 bridgehead atoms. The third kappa shape index (κ3) is 3.94. The summed E-state index contributed by atoms with van der Waals surface area (Å²) in [4.78, 5) is 8.49. The van der Waals surface area contributed by atoms with Crippen molar-refractivity contribution in [1.29, 1.82) is 0 Å². The summed E-state index contributed by atoms with van der Waals surface area (Å²) in [5, 5.41) is 4.38. The lowest BCUT2D eigenvalue weighted by atomic mass is 10.2. The van der Waals surface area contributed by atoms with Crippen molar-refractivity contribution in [2.24, 2.45) is 0 Å². The van der Waals surface area contributed by atoms with Crippen molar-refractivity contribution >= 4 is 8.32 Å². The van der Waals surface area contributed by atoms with Gasteiger partial charge in [0.25, 0.3) is 0 Å². The molecule has 3 rings (SSSR count). The zero-order valence-electron chi connectivity index (χ0n) is 13.6. The molecule has 23 heavy (non-hydrogen) atoms. The Bertz CT molecular complexity index is 740. The topological polar surface area (TPSA) is 62.1 Å². The van der Waals surface area contributed by atoms with Crippen LogP contribution in [0.2, 0.25) is 19.6 Å². The van der Waals surface area contributed by atoms with Gasteiger partial charge in [-0.1, -0.05) is 30.3 Å². The van der Waals surface area contributed by atoms with Crippen LogP contribution < -0.4 is 4.43 Å². The monoisotopic (exact) mass is 328 g/mol. The molecular formula is C16H20N4O2Si. The molecule has 0 aromatic heterocycles. The van der Waals surface area contributed by atoms with Gasteiger partial charge in [0.2, 0.25) is 14.2 Å². The summed E-state index contributed by atoms with van der Waals surface area (Å²) in [6.45, 7) is 7.19. The quantitative estimate of drug-likeness (QED) is 0.650. The van der Waals surface area contributed by atoms with Gasteiger partial charge in [-0.2, -0.15) is 5.10 Å². The van der Waals surface area contributed by atoms with Gasteiger partial charge in [0.1, 0.15) is 18.8 Å². The highest BCUT2D eigenvalue weighted by Crippen LogP contribution is 2.29. The fourth-order valence-corrected chi connectivity index (χ4v) is 2.92. The number of rotatable bonds is 6. The second-order valence-electron chi connectivity index (χ2n) is 6.23. The van der Waals surface area contributed by atoms with Crippen LogP contribution in [0.1, 0.15) is 5.56 Å². The SMILES string of the molecule is C[Si](C)(C)Oc1c2ncnc-2cnn1COCc1ccccc1. The second-order valence-corrected chi connectivity index (χ2v) is 10.7. The van der Waals surface area contributed by atoms with Gasteiger partial charge in [-0.15, -0.1) is 0 Å². The van der Waals surface area contributed by atoms with Crippen LogP contribution in [-0.2, 0) is 18.1 Å². The third-order valence-corrected chi connectivity index (χ3v) is 3.92. The first kappa shape index (κ1) is 15.6. The fraction of sp³-hybridized carbons (Fsp3) is 0.312. The van der Waals surface area contributed by atoms with Gasteiger partial charge in [0.15, 0.2) is 5.69 Å². The molecule has 1 aromatic carbocycles. The molecule has 2 heterocycles. The normalized spacial score (nSPS) is 11.8. The Morgan fingerprint density at radius 3 is 2.61 bits per heavy atom. The predicted molar refractivity (Wildman–Crippen MR) is 89.6 cm³/mol. The zero-order valence-corrected chi connectivity index (χ0v) is 14.6. The molecule has 0 saturated carbocycles. The Morgan fingerprint density at radius 2 is 1.87 bits per heavy atom. The maximum atomic E-state index is 6.16. The van der Waals surface area contributed by atoms with Crippen molar-refractivity contribution in [2.75, 3.05) is 0 Å². The highest BCUT2D eigenvalue weighted by Gasteiger charge is 2.24. The summed E-state index contributed by atoms with van der Waals surface area (Å²) in [5.41, 5.74) is 2.58. The molecule has 0 aliphatic carbocycles. The lowest BCUT2D eigenvalue weighted by molar-refractivity contribution is 0.0513. The van der Waals surface area contributed by atoms with E-state index in [-0.39, 0.29) is 0 Å². The molecule has 0 saturated heterocycles. The van der Waals surface area contributed by atoms with Crippen molar-refractivity contribution in [3.8, 4) is 17.3 Å². The van der Waals surface area contributed by atoms with Crippen LogP contribution in [0.4, 0.5) is 0 Å². The average molecular weight is 328 g/mol. The minimum atomic E-state index is -1.81. The molecule has 120 valence electrons. The molecule has 6 nitrogen and oxygen atoms in total. The molecule has 0 N–H and O–H groups in total. The van der Waals surface area contributed by atoms with Crippen molar-refractivity contribution in [3.63, 3.8) is 0 Å². The first-order chi connectivity index (χ1) is 11.0. The van der Waals surface area contributed by atoms with Crippen LogP contribution in [0, 0.1) is 0 Å². The van der Waals surface area contributed by atoms with Crippen molar-refractivity contribution in [2.45, 2.75) is 33.0 Å². The molecule has 0 fully saturated rings. The summed E-state index contributed by atoms with van der Waals surface area (Å²) >= 11 is 0. The van der Waals surface area contributed by atoms with E-state index in [1.807, 2.05) is 30.3 Å². The van der Waals surface area contributed by atoms with Gasteiger partial charge in [-0.05, 0) is 25.2 Å². The van der Waals surface area contributed by atoms with E-state index in [4.69, 9.17) is 9.16 Å². The molecular weight excluding hydrogens is 308 g/mol. The first-order valence-electron chi connectivity index (χ1n) is 7.50. The predicted octanol–water partition coefficient (Wildman–Crippen LogP) is 3.17. The largest absolute Gasteiger partial charge is 0.530 e. The molecule has 2 aliphatic rings. The standard InChI is InChI=1S/C16H20N4O2Si/c1-23(2,3)22-16-15-14(17-11-18-15)9-19-20(16)12-21-10-13-7-5-4-6-8-13/h4-9,11H,10,12H2,1-3H3. The number of benzene rings is 1. The lowest BCUT2D eigenvalue weighted by Gasteiger charge is -2.23. The van der Waals surface area contributed by atoms with E-state index in [2.05, 4.69) is 34.7 Å². The minimum absolute atomic E-state index is 0.303. The molecule has 0 spiro atoms. The first-order valence-corrected chi connectivity index (χ1v) is 10.9. The maximum Gasteiger partial charge on any atom is 0.244 e. The molecule has 0 amide bonds. The number of nitrogens with zero attached hydrogens (tertiary/aromatic N) is 4. The second kappa shape index (κ2) is 6.47. The molecule has 7 heteroatoms. The fourth-order valence-electron chi connectivity index (χ4n) is 2.14. The maximum absolute atomic E-state index is 6.16. The summed E-state index contributed by atoms with van der Waals surface area (Å²) in [6, 6.07) is 10.0. The van der Waals surface area contributed by atoms with E-state index in [1.165, 1.54) is 6.33 Å². The number of imidazole rings is 1. The minimum Gasteiger partial charge on any atom is -0.530 e. The van der Waals surface area contributed by atoms with Crippen molar-refractivity contribution in [1.82, 2.24) is 19.7 Å². The summed E-state index contributed by atoms with van der Waals surface area (Å²) < 4.78 is 13.6. The Kier molecular flexibility index (Phi) is 4.40. The van der Waals surface area contributed by atoms with Gasteiger partial charge in [0.05, 0.1) is 12.8 Å². The number of fused-ring (bicyclic) bond motifs is 1. The third-order valence-electron chi connectivity index (χ3n) is 3.11. The zero-order chi connectivity index (χ0) is 16.3. The lowest BCUT2D eigenvalue weighted by Crippen LogP contribution is -2.32. The number of ether oxygens (including phenoxy) is 1. The van der Waals surface area contributed by atoms with Crippen LogP contribution in [0.3, 0.4) is 0 Å². The summed E-state index contributed by atoms with van der Waals surface area (Å²) in [5.74, 6) is 0.632. The Labute approximate surface area is 136 Å². The van der Waals surface area contributed by atoms with E-state index >= 15 is 0 Å². The van der Waals surface area contributed by atoms with Crippen LogP contribution in [0.5, 0.6) is 5.88 Å². The van der Waals surface area contributed by atoms with Crippen molar-refractivity contribution in [3.05, 3.63) is 48.4 Å². The van der Waals surface area contributed by atoms with E-state index in [0.29, 0.717) is 19.2 Å². The number of hydrogen-bond donors (Lipinski definition) is 0. The van der Waals surface area contributed by atoms with Gasteiger partial charge < -0.3 is 9.16 Å². The average Bonchev–Trinajstić information content (AvgIpc) is 2.98. The van der Waals surface area contributed by atoms with Gasteiger partial charge in [-0.3, -0.25) is 0 Å². The molecule has 0 unspecified atom stereocenters. The summed E-state index contributed by atoms with van der Waals surface area (Å²) in [6.07, 6.45) is 3.21. The highest BCUT2D eigenvalue weighted by atomic mass is 28.4. The molecule has 1 aromatic rings. The highest BCUT2D eigenvalue weighted by molar-refractivity contribution is 6.70. The van der Waals surface area contributed by atoms with Crippen LogP contribution >= 0.6 is 0 Å². The van der Waals surface area contributed by atoms with E-state index in [9.17, 15) is 0 Å². The van der Waals surface area contributed by atoms with Gasteiger partial charge >= 0.3 is 0 Å². The number of hydrogen-bond acceptors (Lipinski definition) is 5. The Balaban J connectivity index is 1.79. The summed E-state index contributed by atoms with van der Waals surface area (Å²) in [7, 11) is -1.81. The molecule has 2 aliphatic heterocycles. The van der Waals surface area contributed by atoms with E-state index < -0.39 is 8.32 Å². The van der Waals surface area contributed by atoms with E-state index in [0.717, 1.165) is 17.0 Å². The molecule has 0 atom stereocenters. The van der Waals surface area contributed by atoms with Gasteiger partial charge in [0, 0.05) is 0 Å².